The number of nitrogens with one attached hydrogen (secondary N) is 1. The number of carbonyl (C=O) groups excluding carboxylic acids is 1. The molecule has 0 bridgehead atoms. The summed E-state index contributed by atoms with van der Waals surface area (Å²) in [5.41, 5.74) is 1.11. The van der Waals surface area contributed by atoms with Crippen LogP contribution in [0.3, 0.4) is 0 Å². The lowest BCUT2D eigenvalue weighted by Crippen LogP contribution is -2.30. The number of aromatic nitrogens is 2. The van der Waals surface area contributed by atoms with E-state index < -0.39 is 27.8 Å². The van der Waals surface area contributed by atoms with Crippen LogP contribution in [0.5, 0.6) is 0 Å². The van der Waals surface area contributed by atoms with Gasteiger partial charge in [-0.2, -0.15) is 5.10 Å². The second-order valence-corrected chi connectivity index (χ2v) is 8.56. The van der Waals surface area contributed by atoms with Crippen LogP contribution < -0.4 is 10.9 Å². The van der Waals surface area contributed by atoms with Crippen LogP contribution in [0.1, 0.15) is 12.5 Å². The molecule has 2 aromatic carbocycles. The zero-order valence-electron chi connectivity index (χ0n) is 15.5. The number of sulfone groups is 1. The van der Waals surface area contributed by atoms with Crippen LogP contribution in [0.2, 0.25) is 5.02 Å². The van der Waals surface area contributed by atoms with E-state index >= 15 is 0 Å². The molecule has 0 aliphatic rings. The highest BCUT2D eigenvalue weighted by atomic mass is 35.5. The molecule has 0 spiro atoms. The molecule has 1 aromatic heterocycles. The molecule has 0 atom stereocenters. The van der Waals surface area contributed by atoms with Crippen molar-refractivity contribution in [2.45, 2.75) is 29.8 Å². The summed E-state index contributed by atoms with van der Waals surface area (Å²) < 4.78 is 26.3. The summed E-state index contributed by atoms with van der Waals surface area (Å²) in [5, 5.41) is 6.60. The maximum Gasteiger partial charge on any atom is 0.267 e. The van der Waals surface area contributed by atoms with Crippen molar-refractivity contribution < 1.29 is 13.2 Å². The van der Waals surface area contributed by atoms with Gasteiger partial charge in [0, 0.05) is 16.8 Å². The van der Waals surface area contributed by atoms with Gasteiger partial charge in [-0.3, -0.25) is 9.59 Å². The van der Waals surface area contributed by atoms with Crippen LogP contribution in [0.15, 0.2) is 75.4 Å². The van der Waals surface area contributed by atoms with E-state index in [1.807, 2.05) is 19.1 Å². The van der Waals surface area contributed by atoms with Gasteiger partial charge in [-0.15, -0.1) is 0 Å². The third kappa shape index (κ3) is 4.90. The lowest BCUT2D eigenvalue weighted by Gasteiger charge is -2.09. The van der Waals surface area contributed by atoms with E-state index in [0.29, 0.717) is 10.7 Å². The van der Waals surface area contributed by atoms with Crippen molar-refractivity contribution in [1.29, 1.82) is 0 Å². The zero-order valence-corrected chi connectivity index (χ0v) is 17.1. The monoisotopic (exact) mass is 431 g/mol. The number of anilines is 1. The number of benzene rings is 2. The molecule has 150 valence electrons. The van der Waals surface area contributed by atoms with Crippen molar-refractivity contribution in [3.8, 4) is 0 Å². The first kappa shape index (κ1) is 20.8. The van der Waals surface area contributed by atoms with Crippen LogP contribution in [-0.2, 0) is 27.6 Å². The van der Waals surface area contributed by atoms with Crippen molar-refractivity contribution in [2.24, 2.45) is 0 Å². The minimum absolute atomic E-state index is 0.0138. The summed E-state index contributed by atoms with van der Waals surface area (Å²) in [6.07, 6.45) is 0.877. The van der Waals surface area contributed by atoms with Gasteiger partial charge in [0.25, 0.3) is 5.56 Å². The average molecular weight is 432 g/mol. The Morgan fingerprint density at radius 2 is 1.69 bits per heavy atom. The second-order valence-electron chi connectivity index (χ2n) is 6.22. The molecule has 0 aliphatic carbocycles. The van der Waals surface area contributed by atoms with E-state index in [4.69, 9.17) is 11.6 Å². The van der Waals surface area contributed by atoms with Crippen molar-refractivity contribution in [3.63, 3.8) is 0 Å². The maximum absolute atomic E-state index is 12.7. The molecule has 1 heterocycles. The van der Waals surface area contributed by atoms with E-state index in [-0.39, 0.29) is 9.92 Å². The average Bonchev–Trinajstić information content (AvgIpc) is 2.70. The van der Waals surface area contributed by atoms with Gasteiger partial charge in [0.15, 0.2) is 5.03 Å². The van der Waals surface area contributed by atoms with E-state index in [2.05, 4.69) is 10.4 Å². The number of amides is 1. The Balaban J connectivity index is 1.82. The van der Waals surface area contributed by atoms with Crippen molar-refractivity contribution in [2.75, 3.05) is 5.32 Å². The van der Waals surface area contributed by atoms with Gasteiger partial charge in [0.2, 0.25) is 15.7 Å². The topological polar surface area (TPSA) is 98.1 Å². The summed E-state index contributed by atoms with van der Waals surface area (Å²) in [6, 6.07) is 15.1. The SMILES string of the molecule is CCc1ccc(NC(=O)Cn2nc(S(=O)(=O)c3ccc(Cl)cc3)ccc2=O)cc1. The molecule has 0 fully saturated rings. The number of carbonyl (C=O) groups is 1. The molecule has 1 N–H and O–H groups in total. The summed E-state index contributed by atoms with van der Waals surface area (Å²) >= 11 is 5.79. The molecule has 0 saturated carbocycles. The standard InChI is InChI=1S/C20H18ClN3O4S/c1-2-14-3-7-16(8-4-14)22-18(25)13-24-20(26)12-11-19(23-24)29(27,28)17-9-5-15(21)6-10-17/h3-12H,2,13H2,1H3,(H,22,25). The maximum atomic E-state index is 12.7. The first-order chi connectivity index (χ1) is 13.8. The predicted molar refractivity (Wildman–Crippen MR) is 110 cm³/mol. The molecular weight excluding hydrogens is 414 g/mol. The van der Waals surface area contributed by atoms with Gasteiger partial charge < -0.3 is 5.32 Å². The Kier molecular flexibility index (Phi) is 6.14. The smallest absolute Gasteiger partial charge is 0.267 e. The number of hydrogen-bond acceptors (Lipinski definition) is 5. The number of aryl methyl sites for hydroxylation is 1. The molecular formula is C20H18ClN3O4S. The van der Waals surface area contributed by atoms with Crippen LogP contribution in [0.4, 0.5) is 5.69 Å². The summed E-state index contributed by atoms with van der Waals surface area (Å²) in [4.78, 5) is 24.3. The Hall–Kier alpha value is -2.97. The molecule has 1 amide bonds. The highest BCUT2D eigenvalue weighted by Crippen LogP contribution is 2.20. The van der Waals surface area contributed by atoms with E-state index in [9.17, 15) is 18.0 Å². The predicted octanol–water partition coefficient (Wildman–Crippen LogP) is 2.93. The third-order valence-electron chi connectivity index (χ3n) is 4.18. The fraction of sp³-hybridized carbons (Fsp3) is 0.150. The van der Waals surface area contributed by atoms with Gasteiger partial charge in [-0.1, -0.05) is 30.7 Å². The fourth-order valence-electron chi connectivity index (χ4n) is 2.58. The first-order valence-corrected chi connectivity index (χ1v) is 10.6. The molecule has 0 aliphatic heterocycles. The Morgan fingerprint density at radius 3 is 2.31 bits per heavy atom. The van der Waals surface area contributed by atoms with E-state index in [1.165, 1.54) is 24.3 Å². The van der Waals surface area contributed by atoms with Crippen LogP contribution in [0, 0.1) is 0 Å². The van der Waals surface area contributed by atoms with Crippen LogP contribution >= 0.6 is 11.6 Å². The van der Waals surface area contributed by atoms with Crippen LogP contribution in [0.25, 0.3) is 0 Å². The van der Waals surface area contributed by atoms with Crippen molar-refractivity contribution >= 4 is 33.0 Å². The second kappa shape index (κ2) is 8.59. The molecule has 3 aromatic rings. The molecule has 0 unspecified atom stereocenters. The number of nitrogens with zero attached hydrogens (tertiary/aromatic N) is 2. The number of hydrogen-bond donors (Lipinski definition) is 1. The van der Waals surface area contributed by atoms with Gasteiger partial charge in [0.05, 0.1) is 4.90 Å². The number of halogens is 1. The summed E-state index contributed by atoms with van der Waals surface area (Å²) in [7, 11) is -3.96. The Labute approximate surface area is 172 Å². The zero-order chi connectivity index (χ0) is 21.0. The lowest BCUT2D eigenvalue weighted by atomic mass is 10.1. The summed E-state index contributed by atoms with van der Waals surface area (Å²) in [6.45, 7) is 1.61. The molecule has 9 heteroatoms. The quantitative estimate of drug-likeness (QED) is 0.647. The number of rotatable bonds is 6. The minimum Gasteiger partial charge on any atom is -0.324 e. The molecule has 0 saturated heterocycles. The largest absolute Gasteiger partial charge is 0.324 e. The van der Waals surface area contributed by atoms with E-state index in [0.717, 1.165) is 28.8 Å². The first-order valence-electron chi connectivity index (χ1n) is 8.77. The molecule has 0 radical (unpaired) electrons. The van der Waals surface area contributed by atoms with Crippen molar-refractivity contribution in [1.82, 2.24) is 9.78 Å². The molecule has 29 heavy (non-hydrogen) atoms. The Bertz CT molecular complexity index is 1190. The lowest BCUT2D eigenvalue weighted by molar-refractivity contribution is -0.117. The Morgan fingerprint density at radius 1 is 1.03 bits per heavy atom. The molecule has 3 rings (SSSR count). The van der Waals surface area contributed by atoms with Gasteiger partial charge in [-0.25, -0.2) is 13.1 Å². The summed E-state index contributed by atoms with van der Waals surface area (Å²) in [5.74, 6) is -0.495. The van der Waals surface area contributed by atoms with Crippen LogP contribution in [-0.4, -0.2) is 24.1 Å². The van der Waals surface area contributed by atoms with Gasteiger partial charge in [-0.05, 0) is 54.4 Å². The van der Waals surface area contributed by atoms with Gasteiger partial charge >= 0.3 is 0 Å². The highest BCUT2D eigenvalue weighted by molar-refractivity contribution is 7.91. The normalized spacial score (nSPS) is 11.2. The highest BCUT2D eigenvalue weighted by Gasteiger charge is 2.21. The third-order valence-corrected chi connectivity index (χ3v) is 6.09. The minimum atomic E-state index is -3.96. The molecule has 7 nitrogen and oxygen atoms in total. The fourth-order valence-corrected chi connectivity index (χ4v) is 3.90. The van der Waals surface area contributed by atoms with Crippen molar-refractivity contribution in [3.05, 3.63) is 81.6 Å². The van der Waals surface area contributed by atoms with E-state index in [1.54, 1.807) is 12.1 Å². The van der Waals surface area contributed by atoms with Gasteiger partial charge in [0.1, 0.15) is 6.54 Å².